The van der Waals surface area contributed by atoms with Crippen LogP contribution < -0.4 is 5.32 Å². The molecule has 0 radical (unpaired) electrons. The molecule has 0 amide bonds. The second-order valence-electron chi connectivity index (χ2n) is 6.27. The van der Waals surface area contributed by atoms with Crippen LogP contribution in [0, 0.1) is 0 Å². The van der Waals surface area contributed by atoms with Gasteiger partial charge in [0, 0.05) is 44.8 Å². The van der Waals surface area contributed by atoms with Crippen LogP contribution in [0.3, 0.4) is 0 Å². The number of hydrogen-bond donors (Lipinski definition) is 1. The largest absolute Gasteiger partial charge is 0.368 e. The van der Waals surface area contributed by atoms with Crippen molar-refractivity contribution < 1.29 is 0 Å². The van der Waals surface area contributed by atoms with Crippen LogP contribution in [0.15, 0.2) is 49.1 Å². The molecule has 1 aromatic heterocycles. The smallest absolute Gasteiger partial charge is 0.0271 e. The second-order valence-corrected chi connectivity index (χ2v) is 6.27. The zero-order chi connectivity index (χ0) is 17.6. The fourth-order valence-corrected chi connectivity index (χ4v) is 2.81. The topological polar surface area (TPSA) is 31.4 Å². The summed E-state index contributed by atoms with van der Waals surface area (Å²) in [6, 6.07) is 4.20. The number of pyridine rings is 1. The molecule has 1 heterocycles. The van der Waals surface area contributed by atoms with E-state index in [1.807, 2.05) is 18.6 Å². The summed E-state index contributed by atoms with van der Waals surface area (Å²) in [5.74, 6) is 0. The first-order chi connectivity index (χ1) is 11.7. The third-order valence-electron chi connectivity index (χ3n) is 3.89. The molecule has 4 heteroatoms. The maximum absolute atomic E-state index is 4.12. The van der Waals surface area contributed by atoms with Crippen molar-refractivity contribution in [2.24, 2.45) is 0 Å². The van der Waals surface area contributed by atoms with Crippen LogP contribution >= 0.6 is 0 Å². The van der Waals surface area contributed by atoms with Gasteiger partial charge >= 0.3 is 0 Å². The van der Waals surface area contributed by atoms with E-state index in [0.717, 1.165) is 26.2 Å². The highest BCUT2D eigenvalue weighted by Gasteiger charge is 2.10. The molecule has 4 nitrogen and oxygen atoms in total. The number of nitrogens with one attached hydrogen (secondary N) is 1. The molecule has 0 fully saturated rings. The summed E-state index contributed by atoms with van der Waals surface area (Å²) < 4.78 is 0. The van der Waals surface area contributed by atoms with E-state index < -0.39 is 0 Å². The van der Waals surface area contributed by atoms with E-state index in [2.05, 4.69) is 59.6 Å². The number of nitrogens with zero attached hydrogens (tertiary/aromatic N) is 3. The predicted octanol–water partition coefficient (Wildman–Crippen LogP) is 3.64. The average molecular weight is 331 g/mol. The molecule has 0 aliphatic carbocycles. The van der Waals surface area contributed by atoms with Gasteiger partial charge in [-0.05, 0) is 62.3 Å². The molecule has 0 aliphatic rings. The van der Waals surface area contributed by atoms with Gasteiger partial charge in [0.15, 0.2) is 0 Å². The summed E-state index contributed by atoms with van der Waals surface area (Å²) in [6.45, 7) is 16.8. The van der Waals surface area contributed by atoms with E-state index in [0.29, 0.717) is 0 Å². The quantitative estimate of drug-likeness (QED) is 0.598. The summed E-state index contributed by atoms with van der Waals surface area (Å²) in [5, 5.41) is 3.08. The first kappa shape index (κ1) is 20.4. The van der Waals surface area contributed by atoms with Gasteiger partial charge in [-0.3, -0.25) is 9.88 Å². The van der Waals surface area contributed by atoms with Crippen molar-refractivity contribution in [3.8, 4) is 0 Å². The van der Waals surface area contributed by atoms with Gasteiger partial charge in [-0.25, -0.2) is 0 Å². The molecule has 0 saturated carbocycles. The Hall–Kier alpha value is -1.65. The zero-order valence-electron chi connectivity index (χ0n) is 15.7. The van der Waals surface area contributed by atoms with Crippen molar-refractivity contribution in [1.29, 1.82) is 0 Å². The Kier molecular flexibility index (Phi) is 10.8. The maximum atomic E-state index is 4.12. The highest BCUT2D eigenvalue weighted by atomic mass is 15.2. The molecule has 0 saturated heterocycles. The van der Waals surface area contributed by atoms with Crippen LogP contribution in [0.4, 0.5) is 0 Å². The summed E-state index contributed by atoms with van der Waals surface area (Å²) in [7, 11) is 0. The lowest BCUT2D eigenvalue weighted by molar-refractivity contribution is 0.207. The van der Waals surface area contributed by atoms with Gasteiger partial charge in [0.05, 0.1) is 0 Å². The predicted molar refractivity (Wildman–Crippen MR) is 104 cm³/mol. The van der Waals surface area contributed by atoms with Crippen molar-refractivity contribution >= 4 is 0 Å². The van der Waals surface area contributed by atoms with E-state index in [1.165, 1.54) is 37.1 Å². The van der Waals surface area contributed by atoms with Gasteiger partial charge in [0.1, 0.15) is 0 Å². The van der Waals surface area contributed by atoms with E-state index >= 15 is 0 Å². The van der Waals surface area contributed by atoms with Crippen molar-refractivity contribution in [3.05, 3.63) is 54.6 Å². The molecule has 1 aromatic rings. The molecule has 0 aliphatic heterocycles. The Bertz CT molecular complexity index is 464. The number of rotatable bonds is 13. The van der Waals surface area contributed by atoms with E-state index in [4.69, 9.17) is 0 Å². The highest BCUT2D eigenvalue weighted by Crippen LogP contribution is 2.07. The molecule has 0 unspecified atom stereocenters. The van der Waals surface area contributed by atoms with Gasteiger partial charge < -0.3 is 10.2 Å². The first-order valence-electron chi connectivity index (χ1n) is 9.05. The minimum Gasteiger partial charge on any atom is -0.368 e. The van der Waals surface area contributed by atoms with E-state index in [1.54, 1.807) is 6.20 Å². The second kappa shape index (κ2) is 12.7. The molecule has 0 aromatic carbocycles. The Morgan fingerprint density at radius 3 is 2.29 bits per heavy atom. The Labute approximate surface area is 148 Å². The lowest BCUT2D eigenvalue weighted by atomic mass is 10.2. The standard InChI is InChI=1S/C20H34N4/c1-5-12-23(13-6-2)14-15-24(17-19(4)16-21-7-3)18-20-8-10-22-11-9-20/h7-11,16,21H,3,5-6,12-15,17-18H2,1-2,4H3/b19-16+. The van der Waals surface area contributed by atoms with Crippen molar-refractivity contribution in [2.45, 2.75) is 40.2 Å². The highest BCUT2D eigenvalue weighted by molar-refractivity contribution is 5.10. The molecule has 134 valence electrons. The van der Waals surface area contributed by atoms with Crippen LogP contribution in [-0.4, -0.2) is 47.5 Å². The van der Waals surface area contributed by atoms with Gasteiger partial charge in [0.25, 0.3) is 0 Å². The minimum absolute atomic E-state index is 0.952. The van der Waals surface area contributed by atoms with Crippen molar-refractivity contribution in [1.82, 2.24) is 20.1 Å². The van der Waals surface area contributed by atoms with Crippen molar-refractivity contribution in [2.75, 3.05) is 32.7 Å². The Balaban J connectivity index is 2.66. The normalized spacial score (nSPS) is 12.0. The van der Waals surface area contributed by atoms with Crippen LogP contribution in [0.1, 0.15) is 39.2 Å². The summed E-state index contributed by atoms with van der Waals surface area (Å²) >= 11 is 0. The monoisotopic (exact) mass is 330 g/mol. The Morgan fingerprint density at radius 2 is 1.71 bits per heavy atom. The number of aromatic nitrogens is 1. The molecule has 0 spiro atoms. The molecule has 1 rings (SSSR count). The third kappa shape index (κ3) is 8.85. The molecule has 0 atom stereocenters. The zero-order valence-corrected chi connectivity index (χ0v) is 15.7. The van der Waals surface area contributed by atoms with Crippen LogP contribution in [0.2, 0.25) is 0 Å². The molecular formula is C20H34N4. The van der Waals surface area contributed by atoms with Crippen LogP contribution in [-0.2, 0) is 6.54 Å². The number of hydrogen-bond acceptors (Lipinski definition) is 4. The molecular weight excluding hydrogens is 296 g/mol. The van der Waals surface area contributed by atoms with Gasteiger partial charge in [-0.1, -0.05) is 20.4 Å². The van der Waals surface area contributed by atoms with Crippen LogP contribution in [0.5, 0.6) is 0 Å². The fourth-order valence-electron chi connectivity index (χ4n) is 2.81. The fraction of sp³-hybridized carbons (Fsp3) is 0.550. The first-order valence-corrected chi connectivity index (χ1v) is 9.05. The van der Waals surface area contributed by atoms with Crippen LogP contribution in [0.25, 0.3) is 0 Å². The summed E-state index contributed by atoms with van der Waals surface area (Å²) in [5.41, 5.74) is 2.62. The minimum atomic E-state index is 0.952. The van der Waals surface area contributed by atoms with Gasteiger partial charge in [0.2, 0.25) is 0 Å². The molecule has 0 bridgehead atoms. The third-order valence-corrected chi connectivity index (χ3v) is 3.89. The Morgan fingerprint density at radius 1 is 1.08 bits per heavy atom. The SMILES string of the molecule is C=CN/C=C(\C)CN(CCN(CCC)CCC)Cc1ccncc1. The lowest BCUT2D eigenvalue weighted by Gasteiger charge is -2.27. The molecule has 24 heavy (non-hydrogen) atoms. The summed E-state index contributed by atoms with van der Waals surface area (Å²) in [6.07, 6.45) is 9.91. The van der Waals surface area contributed by atoms with Gasteiger partial charge in [-0.15, -0.1) is 0 Å². The average Bonchev–Trinajstić information content (AvgIpc) is 2.59. The summed E-state index contributed by atoms with van der Waals surface area (Å²) in [4.78, 5) is 9.19. The maximum Gasteiger partial charge on any atom is 0.0271 e. The van der Waals surface area contributed by atoms with E-state index in [-0.39, 0.29) is 0 Å². The lowest BCUT2D eigenvalue weighted by Crippen LogP contribution is -2.36. The molecule has 1 N–H and O–H groups in total. The van der Waals surface area contributed by atoms with Crippen molar-refractivity contribution in [3.63, 3.8) is 0 Å². The van der Waals surface area contributed by atoms with Gasteiger partial charge in [-0.2, -0.15) is 0 Å². The van der Waals surface area contributed by atoms with E-state index in [9.17, 15) is 0 Å².